The molecule has 5 nitrogen and oxygen atoms in total. The first-order valence-electron chi connectivity index (χ1n) is 7.77. The molecule has 0 saturated heterocycles. The molecule has 0 aliphatic carbocycles. The summed E-state index contributed by atoms with van der Waals surface area (Å²) in [5.74, 6) is 0.534. The van der Waals surface area contributed by atoms with Crippen LogP contribution in [0.4, 0.5) is 19.0 Å². The van der Waals surface area contributed by atoms with Crippen LogP contribution >= 0.6 is 0 Å². The highest BCUT2D eigenvalue weighted by Crippen LogP contribution is 2.32. The molecular weight excluding hydrogens is 347 g/mol. The number of anilines is 1. The van der Waals surface area contributed by atoms with Crippen LogP contribution in [0.1, 0.15) is 23.6 Å². The Hall–Kier alpha value is -3.03. The van der Waals surface area contributed by atoms with Crippen LogP contribution < -0.4 is 10.2 Å². The summed E-state index contributed by atoms with van der Waals surface area (Å²) in [6.45, 7) is 5.82. The molecule has 1 aromatic heterocycles. The van der Waals surface area contributed by atoms with E-state index >= 15 is 0 Å². The van der Waals surface area contributed by atoms with Crippen molar-refractivity contribution >= 4 is 12.0 Å². The number of alkyl halides is 3. The summed E-state index contributed by atoms with van der Waals surface area (Å²) in [6, 6.07) is 5.42. The van der Waals surface area contributed by atoms with E-state index in [2.05, 4.69) is 22.1 Å². The van der Waals surface area contributed by atoms with Gasteiger partial charge in [0.15, 0.2) is 11.5 Å². The smallest absolute Gasteiger partial charge is 0.417 e. The van der Waals surface area contributed by atoms with Gasteiger partial charge in [-0.2, -0.15) is 18.3 Å². The highest BCUT2D eigenvalue weighted by atomic mass is 19.4. The molecule has 0 bridgehead atoms. The van der Waals surface area contributed by atoms with E-state index in [0.29, 0.717) is 29.9 Å². The second-order valence-corrected chi connectivity index (χ2v) is 5.25. The summed E-state index contributed by atoms with van der Waals surface area (Å²) >= 11 is 0. The minimum Gasteiger partial charge on any atom is -0.504 e. The molecule has 2 rings (SSSR count). The molecule has 26 heavy (non-hydrogen) atoms. The molecule has 0 atom stereocenters. The fourth-order valence-electron chi connectivity index (χ4n) is 2.14. The molecule has 2 aromatic rings. The lowest BCUT2D eigenvalue weighted by atomic mass is 10.1. The lowest BCUT2D eigenvalue weighted by Crippen LogP contribution is -2.05. The minimum absolute atomic E-state index is 0.0428. The van der Waals surface area contributed by atoms with E-state index < -0.39 is 11.7 Å². The molecular formula is C18H18F3N3O2. The number of hydrogen-bond acceptors (Lipinski definition) is 5. The fourth-order valence-corrected chi connectivity index (χ4v) is 2.14. The Morgan fingerprint density at radius 3 is 2.69 bits per heavy atom. The molecule has 138 valence electrons. The van der Waals surface area contributed by atoms with Gasteiger partial charge in [0.25, 0.3) is 0 Å². The number of halogens is 3. The molecule has 0 spiro atoms. The van der Waals surface area contributed by atoms with Gasteiger partial charge >= 0.3 is 6.18 Å². The van der Waals surface area contributed by atoms with E-state index in [0.717, 1.165) is 12.3 Å². The van der Waals surface area contributed by atoms with E-state index in [9.17, 15) is 18.3 Å². The average Bonchev–Trinajstić information content (AvgIpc) is 2.59. The number of allylic oxidation sites excluding steroid dienone is 1. The molecule has 0 aliphatic rings. The predicted octanol–water partition coefficient (Wildman–Crippen LogP) is 4.38. The van der Waals surface area contributed by atoms with E-state index in [1.165, 1.54) is 12.3 Å². The van der Waals surface area contributed by atoms with E-state index in [1.807, 2.05) is 0 Å². The van der Waals surface area contributed by atoms with Gasteiger partial charge in [-0.3, -0.25) is 5.43 Å². The molecule has 1 heterocycles. The van der Waals surface area contributed by atoms with Gasteiger partial charge in [0.1, 0.15) is 5.82 Å². The Morgan fingerprint density at radius 1 is 1.35 bits per heavy atom. The summed E-state index contributed by atoms with van der Waals surface area (Å²) in [5.41, 5.74) is 2.99. The Morgan fingerprint density at radius 2 is 2.12 bits per heavy atom. The molecule has 0 radical (unpaired) electrons. The van der Waals surface area contributed by atoms with Gasteiger partial charge < -0.3 is 9.84 Å². The highest BCUT2D eigenvalue weighted by Gasteiger charge is 2.30. The van der Waals surface area contributed by atoms with Gasteiger partial charge in [0.2, 0.25) is 0 Å². The lowest BCUT2D eigenvalue weighted by molar-refractivity contribution is -0.137. The number of ether oxygens (including phenoxy) is 1. The molecule has 0 unspecified atom stereocenters. The number of benzene rings is 1. The van der Waals surface area contributed by atoms with Crippen molar-refractivity contribution in [2.24, 2.45) is 5.10 Å². The first-order valence-corrected chi connectivity index (χ1v) is 7.77. The van der Waals surface area contributed by atoms with Crippen molar-refractivity contribution in [3.8, 4) is 11.5 Å². The van der Waals surface area contributed by atoms with Crippen molar-refractivity contribution in [3.05, 3.63) is 59.8 Å². The summed E-state index contributed by atoms with van der Waals surface area (Å²) in [5, 5.41) is 14.1. The number of hydrogen-bond donors (Lipinski definition) is 2. The van der Waals surface area contributed by atoms with Crippen molar-refractivity contribution in [2.45, 2.75) is 19.5 Å². The highest BCUT2D eigenvalue weighted by molar-refractivity contribution is 5.82. The van der Waals surface area contributed by atoms with Crippen LogP contribution in [0.5, 0.6) is 11.5 Å². The zero-order valence-electron chi connectivity index (χ0n) is 14.0. The Kier molecular flexibility index (Phi) is 6.21. The third-order valence-electron chi connectivity index (χ3n) is 3.32. The van der Waals surface area contributed by atoms with Gasteiger partial charge in [0.05, 0.1) is 18.4 Å². The van der Waals surface area contributed by atoms with Crippen LogP contribution in [0, 0.1) is 0 Å². The Balaban J connectivity index is 2.15. The summed E-state index contributed by atoms with van der Waals surface area (Å²) in [7, 11) is 0. The van der Waals surface area contributed by atoms with Gasteiger partial charge in [-0.15, -0.1) is 6.58 Å². The van der Waals surface area contributed by atoms with E-state index in [-0.39, 0.29) is 11.6 Å². The quantitative estimate of drug-likeness (QED) is 0.434. The molecule has 1 aromatic carbocycles. The normalized spacial score (nSPS) is 11.5. The maximum atomic E-state index is 12.5. The summed E-state index contributed by atoms with van der Waals surface area (Å²) < 4.78 is 42.9. The van der Waals surface area contributed by atoms with Crippen LogP contribution in [-0.2, 0) is 12.6 Å². The number of phenols is 1. The van der Waals surface area contributed by atoms with Gasteiger partial charge in [-0.1, -0.05) is 6.08 Å². The number of hydrazone groups is 1. The van der Waals surface area contributed by atoms with Crippen LogP contribution in [0.2, 0.25) is 0 Å². The largest absolute Gasteiger partial charge is 0.504 e. The first kappa shape index (κ1) is 19.3. The summed E-state index contributed by atoms with van der Waals surface area (Å²) in [4.78, 5) is 3.66. The zero-order chi connectivity index (χ0) is 19.2. The van der Waals surface area contributed by atoms with Gasteiger partial charge in [-0.25, -0.2) is 4.98 Å². The van der Waals surface area contributed by atoms with Crippen molar-refractivity contribution in [2.75, 3.05) is 12.0 Å². The number of aromatic hydroxyl groups is 1. The second-order valence-electron chi connectivity index (χ2n) is 5.25. The standard InChI is InChI=1S/C18H18F3N3O2/c1-3-5-13-8-12(9-15(17(13)25)26-4-2)10-23-24-16-7-6-14(11-22-16)18(19,20)21/h3,6-11,25H,1,4-5H2,2H3,(H,22,24)/b23-10-. The molecule has 0 aliphatic heterocycles. The van der Waals surface area contributed by atoms with Crippen LogP contribution in [0.15, 0.2) is 48.2 Å². The van der Waals surface area contributed by atoms with Crippen LogP contribution in [0.3, 0.4) is 0 Å². The SMILES string of the molecule is C=CCc1cc(/C=N\Nc2ccc(C(F)(F)F)cn2)cc(OCC)c1O. The van der Waals surface area contributed by atoms with E-state index in [4.69, 9.17) is 4.74 Å². The number of pyridine rings is 1. The predicted molar refractivity (Wildman–Crippen MR) is 93.6 cm³/mol. The second kappa shape index (κ2) is 8.37. The number of phenolic OH excluding ortho intramolecular Hbond substituents is 1. The van der Waals surface area contributed by atoms with Crippen molar-refractivity contribution in [1.29, 1.82) is 0 Å². The topological polar surface area (TPSA) is 66.7 Å². The monoisotopic (exact) mass is 365 g/mol. The third-order valence-corrected chi connectivity index (χ3v) is 3.32. The van der Waals surface area contributed by atoms with Crippen LogP contribution in [0.25, 0.3) is 0 Å². The number of nitrogens with zero attached hydrogens (tertiary/aromatic N) is 2. The maximum Gasteiger partial charge on any atom is 0.417 e. The van der Waals surface area contributed by atoms with Gasteiger partial charge in [0, 0.05) is 11.8 Å². The number of nitrogens with one attached hydrogen (secondary N) is 1. The van der Waals surface area contributed by atoms with Crippen molar-refractivity contribution in [1.82, 2.24) is 4.98 Å². The van der Waals surface area contributed by atoms with Crippen molar-refractivity contribution in [3.63, 3.8) is 0 Å². The Bertz CT molecular complexity index is 788. The molecule has 0 saturated carbocycles. The molecule has 8 heteroatoms. The fraction of sp³-hybridized carbons (Fsp3) is 0.222. The third kappa shape index (κ3) is 4.98. The zero-order valence-corrected chi connectivity index (χ0v) is 14.0. The lowest BCUT2D eigenvalue weighted by Gasteiger charge is -2.11. The molecule has 2 N–H and O–H groups in total. The summed E-state index contributed by atoms with van der Waals surface area (Å²) in [6.07, 6.45) is -0.155. The number of rotatable bonds is 7. The minimum atomic E-state index is -4.43. The van der Waals surface area contributed by atoms with E-state index in [1.54, 1.807) is 25.1 Å². The molecule has 0 fully saturated rings. The maximum absolute atomic E-state index is 12.5. The average molecular weight is 365 g/mol. The first-order chi connectivity index (χ1) is 12.3. The van der Waals surface area contributed by atoms with Gasteiger partial charge in [-0.05, 0) is 43.2 Å². The van der Waals surface area contributed by atoms with Crippen molar-refractivity contribution < 1.29 is 23.0 Å². The Labute approximate surface area is 148 Å². The molecule has 0 amide bonds. The van der Waals surface area contributed by atoms with Crippen LogP contribution in [-0.4, -0.2) is 22.9 Å². The number of aromatic nitrogens is 1.